The number of amides is 1. The first-order valence-electron chi connectivity index (χ1n) is 22.8. The number of fused-ring (bicyclic) bond motifs is 5. The van der Waals surface area contributed by atoms with Crippen LogP contribution in [0, 0.1) is 17.8 Å². The topological polar surface area (TPSA) is 230 Å². The van der Waals surface area contributed by atoms with E-state index in [0.29, 0.717) is 28.7 Å². The summed E-state index contributed by atoms with van der Waals surface area (Å²) < 4.78 is 61.3. The third-order valence-electron chi connectivity index (χ3n) is 12.8. The molecule has 2 bridgehead atoms. The number of ether oxygens (including phenoxy) is 5. The van der Waals surface area contributed by atoms with Crippen molar-refractivity contribution >= 4 is 53.5 Å². The van der Waals surface area contributed by atoms with Crippen molar-refractivity contribution in [2.24, 2.45) is 27.9 Å². The molecule has 374 valence electrons. The van der Waals surface area contributed by atoms with Gasteiger partial charge in [0, 0.05) is 60.5 Å². The molecule has 3 aliphatic heterocycles. The molecule has 0 aliphatic carbocycles. The largest absolute Gasteiger partial charge is 0.457 e. The number of anilines is 1. The molecule has 3 saturated heterocycles. The summed E-state index contributed by atoms with van der Waals surface area (Å²) in [5.74, 6) is -5.60. The van der Waals surface area contributed by atoms with Gasteiger partial charge in [0.1, 0.15) is 34.3 Å². The quantitative estimate of drug-likeness (QED) is 0.100. The molecule has 3 N–H and O–H groups in total. The van der Waals surface area contributed by atoms with Gasteiger partial charge in [-0.3, -0.25) is 14.6 Å². The number of hydrogen-bond donors (Lipinski definition) is 3. The third-order valence-corrected chi connectivity index (χ3v) is 14.4. The second-order valence-corrected chi connectivity index (χ2v) is 23.1. The molecule has 1 amide bonds. The van der Waals surface area contributed by atoms with E-state index < -0.39 is 102 Å². The van der Waals surface area contributed by atoms with E-state index in [-0.39, 0.29) is 44.8 Å². The number of carbonyl (C=O) groups is 3. The predicted molar refractivity (Wildman–Crippen MR) is 252 cm³/mol. The van der Waals surface area contributed by atoms with E-state index in [1.165, 1.54) is 25.2 Å². The van der Waals surface area contributed by atoms with Crippen LogP contribution in [0.4, 0.5) is 10.2 Å². The molecule has 3 aliphatic rings. The van der Waals surface area contributed by atoms with Gasteiger partial charge in [-0.25, -0.2) is 19.2 Å². The Kier molecular flexibility index (Phi) is 17.9. The number of Topliss-reactive ketones (excluding diaryl/α,β-unsaturated/α-hetero) is 1. The molecule has 0 aromatic carbocycles. The smallest absolute Gasteiger partial charge is 0.351 e. The van der Waals surface area contributed by atoms with Crippen LogP contribution in [0.3, 0.4) is 0 Å². The van der Waals surface area contributed by atoms with Crippen molar-refractivity contribution in [3.8, 4) is 10.6 Å². The summed E-state index contributed by atoms with van der Waals surface area (Å²) in [6.07, 6.45) is -4.94. The van der Waals surface area contributed by atoms with Gasteiger partial charge in [0.15, 0.2) is 26.0 Å². The van der Waals surface area contributed by atoms with Crippen LogP contribution in [0.25, 0.3) is 10.6 Å². The van der Waals surface area contributed by atoms with E-state index in [2.05, 4.69) is 25.2 Å². The first-order valence-corrected chi connectivity index (χ1v) is 26.3. The highest BCUT2D eigenvalue weighted by Gasteiger charge is 2.56. The molecule has 0 spiro atoms. The van der Waals surface area contributed by atoms with Gasteiger partial charge in [0.25, 0.3) is 5.67 Å². The maximum atomic E-state index is 17.0. The Morgan fingerprint density at radius 2 is 1.81 bits per heavy atom. The zero-order chi connectivity index (χ0) is 49.8. The molecular formula is C46H70FN6O12PS. The number of aromatic nitrogens is 2. The number of aliphatic hydroxyl groups is 2. The number of carbonyl (C=O) groups excluding carboxylic acids is 3. The van der Waals surface area contributed by atoms with E-state index in [1.807, 2.05) is 38.9 Å². The lowest BCUT2D eigenvalue weighted by Gasteiger charge is -2.47. The zero-order valence-corrected chi connectivity index (χ0v) is 42.7. The minimum Gasteiger partial charge on any atom is -0.457 e. The lowest BCUT2D eigenvalue weighted by atomic mass is 9.73. The maximum Gasteiger partial charge on any atom is 0.351 e. The third kappa shape index (κ3) is 13.0. The number of likely N-dealkylation sites (N-methyl/N-ethyl adjacent to an activating group) is 1. The molecule has 21 heteroatoms. The van der Waals surface area contributed by atoms with Gasteiger partial charge in [-0.05, 0) is 79.1 Å². The van der Waals surface area contributed by atoms with Crippen LogP contribution in [0.5, 0.6) is 0 Å². The molecular weight excluding hydrogens is 911 g/mol. The number of aliphatic hydroxyl groups excluding tert-OH is 1. The number of cyclic esters (lactones) is 1. The van der Waals surface area contributed by atoms with Gasteiger partial charge in [0.05, 0.1) is 42.8 Å². The zero-order valence-electron chi connectivity index (χ0n) is 41.0. The summed E-state index contributed by atoms with van der Waals surface area (Å²) in [6.45, 7) is 16.5. The number of ketones is 1. The fourth-order valence-electron chi connectivity index (χ4n) is 9.21. The van der Waals surface area contributed by atoms with Crippen molar-refractivity contribution in [1.29, 1.82) is 0 Å². The predicted octanol–water partition coefficient (Wildman–Crippen LogP) is 6.07. The molecule has 5 rings (SSSR count). The van der Waals surface area contributed by atoms with Gasteiger partial charge in [-0.15, -0.1) is 11.3 Å². The number of aliphatic imine (C=N–C) groups is 1. The molecule has 0 radical (unpaired) electrons. The highest BCUT2D eigenvalue weighted by Crippen LogP contribution is 2.42. The summed E-state index contributed by atoms with van der Waals surface area (Å²) in [4.78, 5) is 63.0. The van der Waals surface area contributed by atoms with Gasteiger partial charge >= 0.3 is 5.97 Å². The molecule has 5 heterocycles. The Morgan fingerprint density at radius 3 is 2.42 bits per heavy atom. The van der Waals surface area contributed by atoms with Crippen LogP contribution >= 0.6 is 18.6 Å². The molecule has 13 atom stereocenters. The highest BCUT2D eigenvalue weighted by molar-refractivity contribution is 7.63. The van der Waals surface area contributed by atoms with E-state index in [9.17, 15) is 29.2 Å². The van der Waals surface area contributed by atoms with Crippen molar-refractivity contribution < 1.29 is 62.1 Å². The number of halogens is 1. The minimum atomic E-state index is -3.24. The van der Waals surface area contributed by atoms with E-state index in [1.54, 1.807) is 58.7 Å². The lowest BCUT2D eigenvalue weighted by Crippen LogP contribution is -2.61. The number of hydrogen-bond acceptors (Lipinski definition) is 17. The van der Waals surface area contributed by atoms with Gasteiger partial charge in [0.2, 0.25) is 5.91 Å². The molecule has 3 fully saturated rings. The van der Waals surface area contributed by atoms with E-state index >= 15 is 4.39 Å². The summed E-state index contributed by atoms with van der Waals surface area (Å²) in [5, 5.41) is 34.0. The number of nitrogens with zero attached hydrogens (tertiary/aromatic N) is 5. The number of rotatable bonds is 11. The lowest BCUT2D eigenvalue weighted by molar-refractivity contribution is -0.296. The van der Waals surface area contributed by atoms with Crippen molar-refractivity contribution in [2.45, 2.75) is 154 Å². The molecule has 67 heavy (non-hydrogen) atoms. The monoisotopic (exact) mass is 980 g/mol. The van der Waals surface area contributed by atoms with E-state index in [4.69, 9.17) is 28.5 Å². The standard InChI is InChI=1S/C46H70FN6O12PS/c1-14-33-46(9,58)40-27(5)36(50-35(54)15-2)25(3)19-44(7,39(28(6)38(56)45(8,47)43(57)64-33)65-42-37(55)32(53(10)11)18-26(4)63-42)61-22-31(21-60-40)51-62-23-30-17-16-29(20-48-30)41-49-34(24-67-41)52-66(12,13)59/h16-17,20,24-28,32-33,37,39-40,42,55,58H,14-15,18-19,21-23H2,1-13H3,(H,52,59)/b50-36+,51-31+/t25-,26-,27+,28+,32+,33-,37-,39-,40-,42+,44-,45+,46-/m1/s1. The second-order valence-electron chi connectivity index (χ2n) is 19.3. The average molecular weight is 981 g/mol. The fourth-order valence-corrected chi connectivity index (χ4v) is 10.7. The summed E-state index contributed by atoms with van der Waals surface area (Å²) >= 11 is 1.37. The molecule has 0 saturated carbocycles. The first kappa shape index (κ1) is 54.4. The van der Waals surface area contributed by atoms with Crippen LogP contribution < -0.4 is 5.09 Å². The SMILES string of the molecule is CCC(=O)/N=C1\[C@H](C)C[C@@]2(C)OC/C(=N/OCc3ccc(-c4nc(NP(C)(C)=O)cs4)cn3)CO[C@H]([C@H]1C)[C@](C)(O)[C@@H](CC)OC(=O)[C@@](C)(F)C(=O)[C@H](C)[C@H]2O[C@@H]1O[C@H](C)C[C@H](N(C)C)[C@H]1O. The highest BCUT2D eigenvalue weighted by atomic mass is 32.1. The second kappa shape index (κ2) is 22.0. The summed E-state index contributed by atoms with van der Waals surface area (Å²) in [6, 6.07) is 3.15. The van der Waals surface area contributed by atoms with Crippen LogP contribution in [0.1, 0.15) is 93.7 Å². The summed E-state index contributed by atoms with van der Waals surface area (Å²) in [7, 11) is 1.07. The van der Waals surface area contributed by atoms with E-state index in [0.717, 1.165) is 12.5 Å². The van der Waals surface area contributed by atoms with Crippen LogP contribution in [-0.2, 0) is 54.1 Å². The number of nitrogens with one attached hydrogen (secondary N) is 1. The molecule has 0 unspecified atom stereocenters. The van der Waals surface area contributed by atoms with Crippen LogP contribution in [-0.4, -0.2) is 155 Å². The minimum absolute atomic E-state index is 0.0122. The van der Waals surface area contributed by atoms with Crippen molar-refractivity contribution in [1.82, 2.24) is 14.9 Å². The van der Waals surface area contributed by atoms with Crippen molar-refractivity contribution in [3.05, 3.63) is 29.4 Å². The van der Waals surface area contributed by atoms with Gasteiger partial charge in [-0.2, -0.15) is 0 Å². The van der Waals surface area contributed by atoms with Gasteiger partial charge < -0.3 is 53.3 Å². The first-order chi connectivity index (χ1) is 31.2. The van der Waals surface area contributed by atoms with Crippen molar-refractivity contribution in [3.63, 3.8) is 0 Å². The maximum absolute atomic E-state index is 17.0. The number of alkyl halides is 1. The Balaban J connectivity index is 1.62. The van der Waals surface area contributed by atoms with Gasteiger partial charge in [-0.1, -0.05) is 39.8 Å². The molecule has 18 nitrogen and oxygen atoms in total. The normalized spacial score (nSPS) is 36.3. The van der Waals surface area contributed by atoms with Crippen LogP contribution in [0.15, 0.2) is 33.9 Å². The number of pyridine rings is 1. The van der Waals surface area contributed by atoms with Crippen molar-refractivity contribution in [2.75, 3.05) is 45.7 Å². The number of esters is 1. The Labute approximate surface area is 397 Å². The molecule has 2 aromatic heterocycles. The molecule has 2 aromatic rings. The fraction of sp³-hybridized carbons (Fsp3) is 0.717. The Hall–Kier alpha value is -3.59. The number of thiazole rings is 1. The Bertz CT molecular complexity index is 2170. The average Bonchev–Trinajstić information content (AvgIpc) is 3.71. The Morgan fingerprint density at radius 1 is 1.10 bits per heavy atom. The van der Waals surface area contributed by atoms with Crippen LogP contribution in [0.2, 0.25) is 0 Å². The summed E-state index contributed by atoms with van der Waals surface area (Å²) in [5.41, 5.74) is -5.15. The number of oxime groups is 1.